The van der Waals surface area contributed by atoms with Crippen LogP contribution < -0.4 is 0 Å². The van der Waals surface area contributed by atoms with E-state index in [-0.39, 0.29) is 36.0 Å². The minimum Gasteiger partial charge on any atom is -0.463 e. The molecular weight excluding hydrogens is 232 g/mol. The third kappa shape index (κ3) is 4.31. The Bertz CT molecular complexity index is 266. The fourth-order valence-corrected chi connectivity index (χ4v) is 2.33. The molecule has 1 saturated carbocycles. The minimum atomic E-state index is -0.326. The zero-order valence-corrected chi connectivity index (χ0v) is 11.8. The lowest BCUT2D eigenvalue weighted by atomic mass is 9.79. The molecule has 1 fully saturated rings. The van der Waals surface area contributed by atoms with Crippen LogP contribution in [0.25, 0.3) is 0 Å². The quantitative estimate of drug-likeness (QED) is 0.726. The summed E-state index contributed by atoms with van der Waals surface area (Å²) in [6.07, 6.45) is 3.13. The Morgan fingerprint density at radius 2 is 1.17 bits per heavy atom. The van der Waals surface area contributed by atoms with Gasteiger partial charge >= 0.3 is 11.9 Å². The maximum atomic E-state index is 12.0. The Morgan fingerprint density at radius 3 is 1.44 bits per heavy atom. The van der Waals surface area contributed by atoms with Crippen LogP contribution in [0.2, 0.25) is 0 Å². The largest absolute Gasteiger partial charge is 0.463 e. The predicted octanol–water partition coefficient (Wildman–Crippen LogP) is 2.70. The zero-order chi connectivity index (χ0) is 13.7. The van der Waals surface area contributed by atoms with Crippen molar-refractivity contribution in [2.75, 3.05) is 0 Å². The number of rotatable bonds is 4. The summed E-state index contributed by atoms with van der Waals surface area (Å²) in [7, 11) is 0. The van der Waals surface area contributed by atoms with Gasteiger partial charge in [0.25, 0.3) is 0 Å². The van der Waals surface area contributed by atoms with Crippen LogP contribution in [-0.2, 0) is 19.1 Å². The van der Waals surface area contributed by atoms with Crippen LogP contribution in [-0.4, -0.2) is 24.1 Å². The summed E-state index contributed by atoms with van der Waals surface area (Å²) in [5.41, 5.74) is 0. The highest BCUT2D eigenvalue weighted by Crippen LogP contribution is 2.32. The fourth-order valence-electron chi connectivity index (χ4n) is 2.33. The highest BCUT2D eigenvalue weighted by Gasteiger charge is 2.38. The van der Waals surface area contributed by atoms with Gasteiger partial charge < -0.3 is 9.47 Å². The topological polar surface area (TPSA) is 52.6 Å². The van der Waals surface area contributed by atoms with Crippen LogP contribution in [0, 0.1) is 11.8 Å². The van der Waals surface area contributed by atoms with Crippen molar-refractivity contribution in [1.82, 2.24) is 0 Å². The van der Waals surface area contributed by atoms with Gasteiger partial charge in [-0.2, -0.15) is 0 Å². The second kappa shape index (κ2) is 6.76. The molecule has 1 rings (SSSR count). The maximum absolute atomic E-state index is 12.0. The molecule has 0 radical (unpaired) electrons. The molecule has 0 amide bonds. The van der Waals surface area contributed by atoms with E-state index in [1.807, 2.05) is 27.7 Å². The summed E-state index contributed by atoms with van der Waals surface area (Å²) in [4.78, 5) is 24.0. The molecule has 0 aromatic heterocycles. The van der Waals surface area contributed by atoms with E-state index in [1.165, 1.54) is 0 Å². The molecule has 0 spiro atoms. The third-order valence-electron chi connectivity index (χ3n) is 3.08. The normalized spacial score (nSPS) is 24.1. The van der Waals surface area contributed by atoms with Gasteiger partial charge in [-0.3, -0.25) is 9.59 Å². The van der Waals surface area contributed by atoms with Gasteiger partial charge in [0.15, 0.2) is 0 Å². The van der Waals surface area contributed by atoms with Crippen molar-refractivity contribution in [2.45, 2.75) is 65.6 Å². The number of ether oxygens (including phenoxy) is 2. The highest BCUT2D eigenvalue weighted by atomic mass is 16.6. The van der Waals surface area contributed by atoms with E-state index in [4.69, 9.17) is 9.47 Å². The van der Waals surface area contributed by atoms with Crippen molar-refractivity contribution < 1.29 is 19.1 Å². The Hall–Kier alpha value is -1.06. The average Bonchev–Trinajstić information content (AvgIpc) is 2.27. The Balaban J connectivity index is 2.67. The molecule has 1 aliphatic rings. The lowest BCUT2D eigenvalue weighted by Crippen LogP contribution is -2.36. The van der Waals surface area contributed by atoms with E-state index in [0.29, 0.717) is 0 Å². The van der Waals surface area contributed by atoms with Crippen LogP contribution >= 0.6 is 0 Å². The van der Waals surface area contributed by atoms with Gasteiger partial charge in [-0.1, -0.05) is 12.8 Å². The van der Waals surface area contributed by atoms with E-state index in [1.54, 1.807) is 0 Å². The molecule has 0 aromatic rings. The van der Waals surface area contributed by atoms with Crippen LogP contribution in [0.5, 0.6) is 0 Å². The van der Waals surface area contributed by atoms with Crippen molar-refractivity contribution >= 4 is 11.9 Å². The average molecular weight is 256 g/mol. The number of carbonyl (C=O) groups excluding carboxylic acids is 2. The summed E-state index contributed by atoms with van der Waals surface area (Å²) >= 11 is 0. The van der Waals surface area contributed by atoms with Crippen LogP contribution in [0.3, 0.4) is 0 Å². The van der Waals surface area contributed by atoms with Gasteiger partial charge in [-0.15, -0.1) is 0 Å². The van der Waals surface area contributed by atoms with Gasteiger partial charge in [0.05, 0.1) is 24.0 Å². The molecular formula is C14H24O4. The van der Waals surface area contributed by atoms with Crippen molar-refractivity contribution in [1.29, 1.82) is 0 Å². The smallest absolute Gasteiger partial charge is 0.310 e. The van der Waals surface area contributed by atoms with Crippen LogP contribution in [0.15, 0.2) is 0 Å². The third-order valence-corrected chi connectivity index (χ3v) is 3.08. The van der Waals surface area contributed by atoms with Gasteiger partial charge in [-0.05, 0) is 40.5 Å². The number of hydrogen-bond acceptors (Lipinski definition) is 4. The molecule has 0 bridgehead atoms. The minimum absolute atomic E-state index is 0.138. The van der Waals surface area contributed by atoms with E-state index in [2.05, 4.69) is 0 Å². The molecule has 0 saturated heterocycles. The van der Waals surface area contributed by atoms with Crippen molar-refractivity contribution in [3.63, 3.8) is 0 Å². The number of hydrogen-bond donors (Lipinski definition) is 0. The van der Waals surface area contributed by atoms with E-state index < -0.39 is 0 Å². The summed E-state index contributed by atoms with van der Waals surface area (Å²) in [6, 6.07) is 0. The molecule has 2 unspecified atom stereocenters. The van der Waals surface area contributed by atoms with Crippen LogP contribution in [0.1, 0.15) is 53.4 Å². The Morgan fingerprint density at radius 1 is 0.833 bits per heavy atom. The molecule has 0 aromatic carbocycles. The molecule has 0 heterocycles. The maximum Gasteiger partial charge on any atom is 0.310 e. The van der Waals surface area contributed by atoms with Crippen molar-refractivity contribution in [3.05, 3.63) is 0 Å². The van der Waals surface area contributed by atoms with E-state index in [0.717, 1.165) is 25.7 Å². The first-order chi connectivity index (χ1) is 8.41. The van der Waals surface area contributed by atoms with Gasteiger partial charge in [-0.25, -0.2) is 0 Å². The SMILES string of the molecule is CC(C)OC(=O)C1CCCCC1C(=O)OC(C)C. The Labute approximate surface area is 109 Å². The molecule has 4 nitrogen and oxygen atoms in total. The van der Waals surface area contributed by atoms with E-state index in [9.17, 15) is 9.59 Å². The van der Waals surface area contributed by atoms with Gasteiger partial charge in [0.2, 0.25) is 0 Å². The monoisotopic (exact) mass is 256 g/mol. The van der Waals surface area contributed by atoms with Gasteiger partial charge in [0, 0.05) is 0 Å². The lowest BCUT2D eigenvalue weighted by Gasteiger charge is -2.29. The summed E-state index contributed by atoms with van der Waals surface area (Å²) in [6.45, 7) is 7.29. The molecule has 0 N–H and O–H groups in total. The van der Waals surface area contributed by atoms with Crippen molar-refractivity contribution in [2.24, 2.45) is 11.8 Å². The first-order valence-electron chi connectivity index (χ1n) is 6.82. The number of carbonyl (C=O) groups is 2. The van der Waals surface area contributed by atoms with Crippen LogP contribution in [0.4, 0.5) is 0 Å². The fraction of sp³-hybridized carbons (Fsp3) is 0.857. The first-order valence-corrected chi connectivity index (χ1v) is 6.82. The highest BCUT2D eigenvalue weighted by molar-refractivity contribution is 5.82. The first kappa shape index (κ1) is 15.0. The summed E-state index contributed by atoms with van der Waals surface area (Å²) < 4.78 is 10.5. The van der Waals surface area contributed by atoms with E-state index >= 15 is 0 Å². The molecule has 0 aliphatic heterocycles. The molecule has 1 aliphatic carbocycles. The second-order valence-electron chi connectivity index (χ2n) is 5.47. The summed E-state index contributed by atoms with van der Waals surface area (Å²) in [5, 5.41) is 0. The van der Waals surface area contributed by atoms with Crippen molar-refractivity contribution in [3.8, 4) is 0 Å². The second-order valence-corrected chi connectivity index (χ2v) is 5.47. The lowest BCUT2D eigenvalue weighted by molar-refractivity contribution is -0.167. The molecule has 4 heteroatoms. The number of esters is 2. The predicted molar refractivity (Wildman–Crippen MR) is 67.9 cm³/mol. The molecule has 18 heavy (non-hydrogen) atoms. The van der Waals surface area contributed by atoms with Gasteiger partial charge in [0.1, 0.15) is 0 Å². The standard InChI is InChI=1S/C14H24O4/c1-9(2)17-13(15)11-7-5-6-8-12(11)14(16)18-10(3)4/h9-12H,5-8H2,1-4H3. The Kier molecular flexibility index (Phi) is 5.63. The summed E-state index contributed by atoms with van der Waals surface area (Å²) in [5.74, 6) is -1.16. The zero-order valence-electron chi connectivity index (χ0n) is 11.8. The molecule has 104 valence electrons. The molecule has 2 atom stereocenters.